The molecule has 0 aromatic heterocycles. The first-order chi connectivity index (χ1) is 11.0. The maximum Gasteiger partial charge on any atom is 0.324 e. The van der Waals surface area contributed by atoms with E-state index in [1.165, 1.54) is 14.2 Å². The Bertz CT molecular complexity index is 663. The van der Waals surface area contributed by atoms with Crippen molar-refractivity contribution in [1.82, 2.24) is 0 Å². The topological polar surface area (TPSA) is 61.8 Å². The number of halogens is 1. The first kappa shape index (κ1) is 17.3. The molecule has 0 unspecified atom stereocenters. The highest BCUT2D eigenvalue weighted by Crippen LogP contribution is 2.26. The van der Waals surface area contributed by atoms with Gasteiger partial charge in [-0.15, -0.1) is 0 Å². The molecule has 0 bridgehead atoms. The average molecular weight is 426 g/mol. The van der Waals surface area contributed by atoms with Crippen molar-refractivity contribution >= 4 is 34.5 Å². The zero-order chi connectivity index (χ0) is 16.8. The molecule has 0 aliphatic heterocycles. The van der Waals surface area contributed by atoms with Crippen molar-refractivity contribution in [2.45, 2.75) is 5.92 Å². The second-order valence-electron chi connectivity index (χ2n) is 4.60. The fourth-order valence-electron chi connectivity index (χ4n) is 1.97. The van der Waals surface area contributed by atoms with E-state index in [0.717, 1.165) is 3.57 Å². The molecule has 0 atom stereocenters. The van der Waals surface area contributed by atoms with E-state index in [1.807, 2.05) is 24.3 Å². The number of esters is 2. The smallest absolute Gasteiger partial charge is 0.324 e. The Morgan fingerprint density at radius 1 is 0.826 bits per heavy atom. The summed E-state index contributed by atoms with van der Waals surface area (Å²) < 4.78 is 16.1. The van der Waals surface area contributed by atoms with Crippen LogP contribution in [0.4, 0.5) is 0 Å². The molecule has 0 aliphatic carbocycles. The molecule has 0 N–H and O–H groups in total. The van der Waals surface area contributed by atoms with Crippen molar-refractivity contribution in [2.75, 3.05) is 14.2 Å². The molecule has 0 spiro atoms. The Morgan fingerprint density at radius 3 is 1.70 bits per heavy atom. The first-order valence-corrected chi connectivity index (χ1v) is 7.82. The van der Waals surface area contributed by atoms with Crippen LogP contribution >= 0.6 is 22.6 Å². The molecule has 120 valence electrons. The van der Waals surface area contributed by atoms with Gasteiger partial charge in [0.15, 0.2) is 5.92 Å². The summed E-state index contributed by atoms with van der Waals surface area (Å²) in [5.41, 5.74) is 0.485. The predicted molar refractivity (Wildman–Crippen MR) is 92.4 cm³/mol. The fraction of sp³-hybridized carbons (Fsp3) is 0.176. The summed E-state index contributed by atoms with van der Waals surface area (Å²) in [6, 6.07) is 14.3. The number of methoxy groups -OCH3 is 2. The number of benzene rings is 2. The minimum Gasteiger partial charge on any atom is -0.468 e. The summed E-state index contributed by atoms with van der Waals surface area (Å²) in [6.45, 7) is 0. The second kappa shape index (κ2) is 7.96. The number of carbonyl (C=O) groups excluding carboxylic acids is 2. The highest BCUT2D eigenvalue weighted by Gasteiger charge is 2.30. The number of hydrogen-bond acceptors (Lipinski definition) is 5. The van der Waals surface area contributed by atoms with Gasteiger partial charge in [-0.3, -0.25) is 9.59 Å². The van der Waals surface area contributed by atoms with Crippen LogP contribution in [0.1, 0.15) is 11.5 Å². The van der Waals surface area contributed by atoms with Crippen molar-refractivity contribution in [2.24, 2.45) is 0 Å². The van der Waals surface area contributed by atoms with Crippen LogP contribution < -0.4 is 4.74 Å². The van der Waals surface area contributed by atoms with E-state index in [4.69, 9.17) is 4.74 Å². The number of rotatable bonds is 5. The Kier molecular flexibility index (Phi) is 5.97. The highest BCUT2D eigenvalue weighted by molar-refractivity contribution is 14.1. The lowest BCUT2D eigenvalue weighted by Crippen LogP contribution is -2.24. The number of ether oxygens (including phenoxy) is 3. The van der Waals surface area contributed by atoms with Crippen LogP contribution in [0.3, 0.4) is 0 Å². The Balaban J connectivity index is 2.18. The Morgan fingerprint density at radius 2 is 1.26 bits per heavy atom. The van der Waals surface area contributed by atoms with Crippen LogP contribution in [0.2, 0.25) is 0 Å². The summed E-state index contributed by atoms with van der Waals surface area (Å²) in [5, 5.41) is 0. The molecular formula is C17H15IO5. The zero-order valence-corrected chi connectivity index (χ0v) is 14.8. The average Bonchev–Trinajstić information content (AvgIpc) is 2.58. The van der Waals surface area contributed by atoms with E-state index < -0.39 is 17.9 Å². The SMILES string of the molecule is COC(=O)C(C(=O)OC)c1ccc(Oc2ccc(I)cc2)cc1. The summed E-state index contributed by atoms with van der Waals surface area (Å²) in [5.74, 6) is -1.12. The van der Waals surface area contributed by atoms with Gasteiger partial charge in [0, 0.05) is 3.57 Å². The molecule has 2 aromatic carbocycles. The molecule has 0 saturated heterocycles. The standard InChI is InChI=1S/C17H15IO5/c1-21-16(19)15(17(20)22-2)11-3-7-13(8-4-11)23-14-9-5-12(18)6-10-14/h3-10,15H,1-2H3. The van der Waals surface area contributed by atoms with Gasteiger partial charge in [0.1, 0.15) is 11.5 Å². The lowest BCUT2D eigenvalue weighted by Gasteiger charge is -2.13. The van der Waals surface area contributed by atoms with Crippen LogP contribution in [0.25, 0.3) is 0 Å². The molecule has 0 aliphatic rings. The normalized spacial score (nSPS) is 10.3. The largest absolute Gasteiger partial charge is 0.468 e. The first-order valence-electron chi connectivity index (χ1n) is 6.74. The Labute approximate surface area is 147 Å². The van der Waals surface area contributed by atoms with Gasteiger partial charge in [0.2, 0.25) is 0 Å². The van der Waals surface area contributed by atoms with E-state index in [-0.39, 0.29) is 0 Å². The Hall–Kier alpha value is -2.09. The molecule has 0 saturated carbocycles. The molecule has 2 aromatic rings. The molecule has 5 nitrogen and oxygen atoms in total. The minimum absolute atomic E-state index is 0.485. The van der Waals surface area contributed by atoms with Gasteiger partial charge in [0.25, 0.3) is 0 Å². The molecule has 23 heavy (non-hydrogen) atoms. The van der Waals surface area contributed by atoms with Gasteiger partial charge < -0.3 is 14.2 Å². The van der Waals surface area contributed by atoms with E-state index in [9.17, 15) is 9.59 Å². The summed E-state index contributed by atoms with van der Waals surface area (Å²) >= 11 is 2.22. The molecular weight excluding hydrogens is 411 g/mol. The second-order valence-corrected chi connectivity index (χ2v) is 5.85. The monoisotopic (exact) mass is 426 g/mol. The van der Waals surface area contributed by atoms with Gasteiger partial charge in [-0.2, -0.15) is 0 Å². The lowest BCUT2D eigenvalue weighted by atomic mass is 9.99. The van der Waals surface area contributed by atoms with E-state index >= 15 is 0 Å². The molecule has 2 rings (SSSR count). The van der Waals surface area contributed by atoms with Crippen molar-refractivity contribution in [1.29, 1.82) is 0 Å². The van der Waals surface area contributed by atoms with Crippen LogP contribution in [0, 0.1) is 3.57 Å². The third kappa shape index (κ3) is 4.44. The van der Waals surface area contributed by atoms with Crippen molar-refractivity contribution < 1.29 is 23.8 Å². The summed E-state index contributed by atoms with van der Waals surface area (Å²) in [4.78, 5) is 23.5. The maximum atomic E-state index is 11.8. The fourth-order valence-corrected chi connectivity index (χ4v) is 2.33. The van der Waals surface area contributed by atoms with E-state index in [0.29, 0.717) is 17.1 Å². The van der Waals surface area contributed by atoms with Gasteiger partial charge in [-0.25, -0.2) is 0 Å². The molecule has 6 heteroatoms. The van der Waals surface area contributed by atoms with Crippen molar-refractivity contribution in [3.05, 3.63) is 57.7 Å². The van der Waals surface area contributed by atoms with Gasteiger partial charge in [-0.05, 0) is 64.6 Å². The molecule has 0 radical (unpaired) electrons. The van der Waals surface area contributed by atoms with Gasteiger partial charge in [0.05, 0.1) is 14.2 Å². The van der Waals surface area contributed by atoms with E-state index in [1.54, 1.807) is 24.3 Å². The van der Waals surface area contributed by atoms with Crippen molar-refractivity contribution in [3.8, 4) is 11.5 Å². The van der Waals surface area contributed by atoms with Crippen LogP contribution in [-0.4, -0.2) is 26.2 Å². The van der Waals surface area contributed by atoms with Gasteiger partial charge in [-0.1, -0.05) is 12.1 Å². The minimum atomic E-state index is -1.10. The molecule has 0 amide bonds. The van der Waals surface area contributed by atoms with E-state index in [2.05, 4.69) is 32.1 Å². The number of hydrogen-bond donors (Lipinski definition) is 0. The van der Waals surface area contributed by atoms with Crippen LogP contribution in [-0.2, 0) is 19.1 Å². The van der Waals surface area contributed by atoms with Crippen LogP contribution in [0.5, 0.6) is 11.5 Å². The zero-order valence-electron chi connectivity index (χ0n) is 12.6. The maximum absolute atomic E-state index is 11.8. The van der Waals surface area contributed by atoms with Crippen LogP contribution in [0.15, 0.2) is 48.5 Å². The predicted octanol–water partition coefficient (Wildman–Crippen LogP) is 3.51. The number of carbonyl (C=O) groups is 2. The quantitative estimate of drug-likeness (QED) is 0.416. The summed E-state index contributed by atoms with van der Waals surface area (Å²) in [6.07, 6.45) is 0. The van der Waals surface area contributed by atoms with Crippen molar-refractivity contribution in [3.63, 3.8) is 0 Å². The molecule has 0 heterocycles. The van der Waals surface area contributed by atoms with Gasteiger partial charge >= 0.3 is 11.9 Å². The lowest BCUT2D eigenvalue weighted by molar-refractivity contribution is -0.154. The molecule has 0 fully saturated rings. The third-order valence-electron chi connectivity index (χ3n) is 3.14. The summed E-state index contributed by atoms with van der Waals surface area (Å²) in [7, 11) is 2.46. The highest BCUT2D eigenvalue weighted by atomic mass is 127. The third-order valence-corrected chi connectivity index (χ3v) is 3.86.